The van der Waals surface area contributed by atoms with E-state index in [0.717, 1.165) is 6.54 Å². The number of thioether (sulfide) groups is 1. The van der Waals surface area contributed by atoms with Crippen LogP contribution in [0.3, 0.4) is 0 Å². The van der Waals surface area contributed by atoms with Crippen LogP contribution in [-0.4, -0.2) is 25.4 Å². The maximum atomic E-state index is 3.70. The Morgan fingerprint density at radius 1 is 1.41 bits per heavy atom. The maximum Gasteiger partial charge on any atom is 0.0510 e. The van der Waals surface area contributed by atoms with Gasteiger partial charge in [0.15, 0.2) is 0 Å². The van der Waals surface area contributed by atoms with Crippen molar-refractivity contribution in [2.24, 2.45) is 0 Å². The van der Waals surface area contributed by atoms with Gasteiger partial charge >= 0.3 is 0 Å². The molecule has 0 fully saturated rings. The van der Waals surface area contributed by atoms with Crippen LogP contribution < -0.4 is 10.6 Å². The molecule has 17 heavy (non-hydrogen) atoms. The molecule has 1 aliphatic heterocycles. The summed E-state index contributed by atoms with van der Waals surface area (Å²) in [6, 6.07) is 5.19. The normalized spacial score (nSPS) is 18.6. The van der Waals surface area contributed by atoms with Crippen LogP contribution >= 0.6 is 11.8 Å². The molecule has 0 bridgehead atoms. The minimum absolute atomic E-state index is 0.627. The Morgan fingerprint density at radius 2 is 2.24 bits per heavy atom. The quantitative estimate of drug-likeness (QED) is 0.803. The number of fused-ring (bicyclic) bond motifs is 1. The first-order valence-electron chi connectivity index (χ1n) is 6.36. The van der Waals surface area contributed by atoms with Crippen molar-refractivity contribution in [1.82, 2.24) is 5.32 Å². The van der Waals surface area contributed by atoms with Crippen molar-refractivity contribution >= 4 is 17.4 Å². The molecule has 0 saturated carbocycles. The molecule has 2 N–H and O–H groups in total. The fourth-order valence-corrected chi connectivity index (χ4v) is 3.61. The van der Waals surface area contributed by atoms with Crippen molar-refractivity contribution in [3.63, 3.8) is 0 Å². The van der Waals surface area contributed by atoms with E-state index in [1.165, 1.54) is 40.3 Å². The summed E-state index contributed by atoms with van der Waals surface area (Å²) in [5, 5.41) is 6.91. The van der Waals surface area contributed by atoms with Crippen molar-refractivity contribution < 1.29 is 0 Å². The highest BCUT2D eigenvalue weighted by Gasteiger charge is 2.19. The van der Waals surface area contributed by atoms with Crippen LogP contribution in [-0.2, 0) is 0 Å². The lowest BCUT2D eigenvalue weighted by molar-refractivity contribution is 0.626. The van der Waals surface area contributed by atoms with E-state index in [4.69, 9.17) is 0 Å². The van der Waals surface area contributed by atoms with Gasteiger partial charge in [0, 0.05) is 16.7 Å². The van der Waals surface area contributed by atoms with E-state index in [2.05, 4.69) is 36.6 Å². The molecular formula is C14H22N2S. The van der Waals surface area contributed by atoms with Crippen LogP contribution in [0, 0.1) is 13.8 Å². The van der Waals surface area contributed by atoms with E-state index in [1.807, 2.05) is 18.8 Å². The molecule has 1 unspecified atom stereocenters. The second kappa shape index (κ2) is 5.78. The third kappa shape index (κ3) is 3.17. The standard InChI is InChI=1S/C14H22N2S/c1-10-7-11(2)14-13(8-10)17-9-12(16-14)5-4-6-15-3/h7-8,12,15-16H,4-6,9H2,1-3H3. The minimum atomic E-state index is 0.627. The van der Waals surface area contributed by atoms with E-state index in [-0.39, 0.29) is 0 Å². The molecule has 1 heterocycles. The summed E-state index contributed by atoms with van der Waals surface area (Å²) >= 11 is 2.00. The van der Waals surface area contributed by atoms with Gasteiger partial charge in [-0.15, -0.1) is 11.8 Å². The van der Waals surface area contributed by atoms with Crippen LogP contribution in [0.15, 0.2) is 17.0 Å². The predicted molar refractivity (Wildman–Crippen MR) is 77.2 cm³/mol. The van der Waals surface area contributed by atoms with Crippen LogP contribution in [0.4, 0.5) is 5.69 Å². The molecule has 94 valence electrons. The molecule has 0 amide bonds. The lowest BCUT2D eigenvalue weighted by Crippen LogP contribution is -2.27. The van der Waals surface area contributed by atoms with Crippen LogP contribution in [0.1, 0.15) is 24.0 Å². The second-order valence-electron chi connectivity index (χ2n) is 4.85. The summed E-state index contributed by atoms with van der Waals surface area (Å²) in [5.74, 6) is 1.19. The number of aryl methyl sites for hydroxylation is 2. The zero-order chi connectivity index (χ0) is 12.3. The van der Waals surface area contributed by atoms with Gasteiger partial charge in [-0.1, -0.05) is 6.07 Å². The second-order valence-corrected chi connectivity index (χ2v) is 5.91. The molecule has 0 saturated heterocycles. The van der Waals surface area contributed by atoms with Gasteiger partial charge in [-0.05, 0) is 57.5 Å². The fraction of sp³-hybridized carbons (Fsp3) is 0.571. The van der Waals surface area contributed by atoms with Crippen molar-refractivity contribution in [1.29, 1.82) is 0 Å². The molecule has 1 atom stereocenters. The van der Waals surface area contributed by atoms with Crippen LogP contribution in [0.25, 0.3) is 0 Å². The molecule has 1 aromatic carbocycles. The first-order valence-corrected chi connectivity index (χ1v) is 7.34. The molecule has 2 rings (SSSR count). The van der Waals surface area contributed by atoms with Gasteiger partial charge in [0.2, 0.25) is 0 Å². The summed E-state index contributed by atoms with van der Waals surface area (Å²) in [4.78, 5) is 1.42. The third-order valence-electron chi connectivity index (χ3n) is 3.21. The van der Waals surface area contributed by atoms with E-state index >= 15 is 0 Å². The van der Waals surface area contributed by atoms with E-state index in [1.54, 1.807) is 0 Å². The average Bonchev–Trinajstić information content (AvgIpc) is 2.30. The van der Waals surface area contributed by atoms with Gasteiger partial charge < -0.3 is 10.6 Å². The molecule has 0 aromatic heterocycles. The van der Waals surface area contributed by atoms with Crippen molar-refractivity contribution in [2.75, 3.05) is 24.7 Å². The predicted octanol–water partition coefficient (Wildman–Crippen LogP) is 3.19. The summed E-state index contributed by atoms with van der Waals surface area (Å²) in [6.07, 6.45) is 2.50. The zero-order valence-corrected chi connectivity index (χ0v) is 11.8. The third-order valence-corrected chi connectivity index (χ3v) is 4.41. The highest BCUT2D eigenvalue weighted by Crippen LogP contribution is 2.37. The molecule has 3 heteroatoms. The number of rotatable bonds is 4. The molecule has 2 nitrogen and oxygen atoms in total. The molecule has 0 spiro atoms. The van der Waals surface area contributed by atoms with E-state index in [0.29, 0.717) is 6.04 Å². The number of anilines is 1. The Bertz CT molecular complexity index is 390. The summed E-state index contributed by atoms with van der Waals surface area (Å²) in [7, 11) is 2.02. The van der Waals surface area contributed by atoms with Crippen LogP contribution in [0.2, 0.25) is 0 Å². The first-order chi connectivity index (χ1) is 8.20. The summed E-state index contributed by atoms with van der Waals surface area (Å²) < 4.78 is 0. The maximum absolute atomic E-state index is 3.70. The smallest absolute Gasteiger partial charge is 0.0510 e. The minimum Gasteiger partial charge on any atom is -0.380 e. The van der Waals surface area contributed by atoms with Crippen molar-refractivity contribution in [3.05, 3.63) is 23.3 Å². The number of benzene rings is 1. The first kappa shape index (κ1) is 12.8. The Kier molecular flexibility index (Phi) is 4.35. The van der Waals surface area contributed by atoms with E-state index < -0.39 is 0 Å². The number of nitrogens with one attached hydrogen (secondary N) is 2. The molecule has 0 radical (unpaired) electrons. The highest BCUT2D eigenvalue weighted by molar-refractivity contribution is 7.99. The Hall–Kier alpha value is -0.670. The zero-order valence-electron chi connectivity index (χ0n) is 11.0. The Labute approximate surface area is 109 Å². The topological polar surface area (TPSA) is 24.1 Å². The molecule has 0 aliphatic carbocycles. The molecule has 1 aromatic rings. The largest absolute Gasteiger partial charge is 0.380 e. The van der Waals surface area contributed by atoms with Gasteiger partial charge in [0.1, 0.15) is 0 Å². The van der Waals surface area contributed by atoms with Gasteiger partial charge in [0.05, 0.1) is 5.69 Å². The lowest BCUT2D eigenvalue weighted by Gasteiger charge is -2.28. The lowest BCUT2D eigenvalue weighted by atomic mass is 10.1. The van der Waals surface area contributed by atoms with Gasteiger partial charge in [-0.3, -0.25) is 0 Å². The summed E-state index contributed by atoms with van der Waals surface area (Å²) in [6.45, 7) is 5.49. The highest BCUT2D eigenvalue weighted by atomic mass is 32.2. The molecular weight excluding hydrogens is 228 g/mol. The van der Waals surface area contributed by atoms with Gasteiger partial charge in [-0.25, -0.2) is 0 Å². The number of hydrogen-bond acceptors (Lipinski definition) is 3. The van der Waals surface area contributed by atoms with Crippen molar-refractivity contribution in [3.8, 4) is 0 Å². The van der Waals surface area contributed by atoms with Gasteiger partial charge in [-0.2, -0.15) is 0 Å². The average molecular weight is 250 g/mol. The number of hydrogen-bond donors (Lipinski definition) is 2. The van der Waals surface area contributed by atoms with E-state index in [9.17, 15) is 0 Å². The summed E-state index contributed by atoms with van der Waals surface area (Å²) in [5.41, 5.74) is 4.11. The van der Waals surface area contributed by atoms with Crippen molar-refractivity contribution in [2.45, 2.75) is 37.6 Å². The van der Waals surface area contributed by atoms with Gasteiger partial charge in [0.25, 0.3) is 0 Å². The fourth-order valence-electron chi connectivity index (χ4n) is 2.34. The molecule has 1 aliphatic rings. The monoisotopic (exact) mass is 250 g/mol. The Balaban J connectivity index is 2.03. The SMILES string of the molecule is CNCCCC1CSc2cc(C)cc(C)c2N1. The van der Waals surface area contributed by atoms with Crippen LogP contribution in [0.5, 0.6) is 0 Å². The Morgan fingerprint density at radius 3 is 3.00 bits per heavy atom.